The van der Waals surface area contributed by atoms with Crippen LogP contribution in [-0.4, -0.2) is 48.7 Å². The Balaban J connectivity index is 2.42. The Morgan fingerprint density at radius 3 is 2.62 bits per heavy atom. The van der Waals surface area contributed by atoms with E-state index in [1.54, 1.807) is 19.1 Å². The zero-order valence-electron chi connectivity index (χ0n) is 11.9. The standard InChI is InChI=1S/C15H19NO4S/c1-12-4-5-13(3-2-9-17)11-15(12)21(19,20)16(8-10-18)14-6-7-14/h4-5,11,14,17-18H,6-10H2,1H3. The minimum absolute atomic E-state index is 0.00580. The van der Waals surface area contributed by atoms with E-state index in [1.807, 2.05) is 0 Å². The van der Waals surface area contributed by atoms with E-state index in [0.29, 0.717) is 11.1 Å². The fourth-order valence-corrected chi connectivity index (χ4v) is 4.11. The zero-order valence-corrected chi connectivity index (χ0v) is 12.7. The molecule has 114 valence electrons. The molecule has 0 saturated heterocycles. The molecule has 0 heterocycles. The van der Waals surface area contributed by atoms with Gasteiger partial charge in [-0.2, -0.15) is 4.31 Å². The van der Waals surface area contributed by atoms with Gasteiger partial charge in [0.15, 0.2) is 0 Å². The third-order valence-corrected chi connectivity index (χ3v) is 5.45. The first-order valence-electron chi connectivity index (χ1n) is 6.83. The highest BCUT2D eigenvalue weighted by Crippen LogP contribution is 2.32. The number of aliphatic hydroxyl groups excluding tert-OH is 2. The van der Waals surface area contributed by atoms with Crippen LogP contribution in [0.5, 0.6) is 0 Å². The molecule has 2 N–H and O–H groups in total. The lowest BCUT2D eigenvalue weighted by molar-refractivity contribution is 0.250. The lowest BCUT2D eigenvalue weighted by atomic mass is 10.1. The van der Waals surface area contributed by atoms with E-state index in [9.17, 15) is 8.42 Å². The van der Waals surface area contributed by atoms with Gasteiger partial charge in [-0.05, 0) is 37.5 Å². The van der Waals surface area contributed by atoms with Crippen LogP contribution in [0.2, 0.25) is 0 Å². The van der Waals surface area contributed by atoms with Crippen LogP contribution in [0.1, 0.15) is 24.0 Å². The molecule has 0 aromatic heterocycles. The maximum atomic E-state index is 12.8. The first kappa shape index (κ1) is 16.0. The summed E-state index contributed by atoms with van der Waals surface area (Å²) in [5.74, 6) is 5.23. The second kappa shape index (κ2) is 6.58. The Kier molecular flexibility index (Phi) is 5.01. The van der Waals surface area contributed by atoms with E-state index in [0.717, 1.165) is 12.8 Å². The lowest BCUT2D eigenvalue weighted by Gasteiger charge is -2.22. The molecular weight excluding hydrogens is 290 g/mol. The average molecular weight is 309 g/mol. The van der Waals surface area contributed by atoms with E-state index in [2.05, 4.69) is 11.8 Å². The molecule has 1 saturated carbocycles. The van der Waals surface area contributed by atoms with Gasteiger partial charge in [-0.15, -0.1) is 0 Å². The quantitative estimate of drug-likeness (QED) is 0.776. The van der Waals surface area contributed by atoms with Crippen molar-refractivity contribution in [3.63, 3.8) is 0 Å². The van der Waals surface area contributed by atoms with Crippen molar-refractivity contribution in [2.75, 3.05) is 19.8 Å². The van der Waals surface area contributed by atoms with Gasteiger partial charge < -0.3 is 10.2 Å². The van der Waals surface area contributed by atoms with E-state index >= 15 is 0 Å². The van der Waals surface area contributed by atoms with E-state index < -0.39 is 10.0 Å². The third-order valence-electron chi connectivity index (χ3n) is 3.36. The minimum atomic E-state index is -3.64. The number of hydrogen-bond acceptors (Lipinski definition) is 4. The summed E-state index contributed by atoms with van der Waals surface area (Å²) >= 11 is 0. The summed E-state index contributed by atoms with van der Waals surface area (Å²) in [7, 11) is -3.64. The molecule has 5 nitrogen and oxygen atoms in total. The van der Waals surface area contributed by atoms with Gasteiger partial charge in [-0.25, -0.2) is 8.42 Å². The first-order valence-corrected chi connectivity index (χ1v) is 8.28. The molecule has 6 heteroatoms. The van der Waals surface area contributed by atoms with Crippen LogP contribution in [0.25, 0.3) is 0 Å². The van der Waals surface area contributed by atoms with Gasteiger partial charge in [0.05, 0.1) is 11.5 Å². The molecule has 0 spiro atoms. The number of aliphatic hydroxyl groups is 2. The highest BCUT2D eigenvalue weighted by molar-refractivity contribution is 7.89. The summed E-state index contributed by atoms with van der Waals surface area (Å²) < 4.78 is 26.9. The summed E-state index contributed by atoms with van der Waals surface area (Å²) in [4.78, 5) is 0.215. The van der Waals surface area contributed by atoms with Crippen molar-refractivity contribution in [3.8, 4) is 11.8 Å². The fraction of sp³-hybridized carbons (Fsp3) is 0.467. The maximum Gasteiger partial charge on any atom is 0.243 e. The number of benzene rings is 1. The van der Waals surface area contributed by atoms with Crippen LogP contribution >= 0.6 is 0 Å². The SMILES string of the molecule is Cc1ccc(C#CCO)cc1S(=O)(=O)N(CCO)C1CC1. The molecule has 1 aliphatic rings. The van der Waals surface area contributed by atoms with Crippen molar-refractivity contribution in [1.29, 1.82) is 0 Å². The van der Waals surface area contributed by atoms with Gasteiger partial charge in [0.25, 0.3) is 0 Å². The largest absolute Gasteiger partial charge is 0.395 e. The van der Waals surface area contributed by atoms with Gasteiger partial charge >= 0.3 is 0 Å². The molecule has 1 fully saturated rings. The molecule has 0 amide bonds. The topological polar surface area (TPSA) is 77.8 Å². The van der Waals surface area contributed by atoms with Gasteiger partial charge in [0.1, 0.15) is 6.61 Å². The van der Waals surface area contributed by atoms with E-state index in [1.165, 1.54) is 10.4 Å². The molecule has 0 radical (unpaired) electrons. The van der Waals surface area contributed by atoms with Gasteiger partial charge in [-0.1, -0.05) is 17.9 Å². The molecule has 0 bridgehead atoms. The predicted molar refractivity (Wildman–Crippen MR) is 79.1 cm³/mol. The number of rotatable bonds is 5. The van der Waals surface area contributed by atoms with Crippen LogP contribution in [0.4, 0.5) is 0 Å². The fourth-order valence-electron chi connectivity index (χ4n) is 2.18. The zero-order chi connectivity index (χ0) is 15.5. The van der Waals surface area contributed by atoms with Crippen molar-refractivity contribution in [3.05, 3.63) is 29.3 Å². The molecule has 1 aliphatic carbocycles. The predicted octanol–water partition coefficient (Wildman–Crippen LogP) is 0.484. The molecule has 1 aromatic rings. The summed E-state index contributed by atoms with van der Waals surface area (Å²) in [6.45, 7) is 1.38. The number of hydrogen-bond donors (Lipinski definition) is 2. The summed E-state index contributed by atoms with van der Waals surface area (Å²) in [5.41, 5.74) is 1.20. The molecule has 1 aromatic carbocycles. The van der Waals surface area contributed by atoms with Crippen molar-refractivity contribution < 1.29 is 18.6 Å². The Morgan fingerprint density at radius 2 is 2.05 bits per heavy atom. The maximum absolute atomic E-state index is 12.8. The normalized spacial score (nSPS) is 14.9. The lowest BCUT2D eigenvalue weighted by Crippen LogP contribution is -2.35. The summed E-state index contributed by atoms with van der Waals surface area (Å²) in [5, 5.41) is 17.8. The molecule has 2 rings (SSSR count). The summed E-state index contributed by atoms with van der Waals surface area (Å²) in [6, 6.07) is 4.96. The number of sulfonamides is 1. The van der Waals surface area contributed by atoms with E-state index in [-0.39, 0.29) is 30.7 Å². The molecule has 0 unspecified atom stereocenters. The van der Waals surface area contributed by atoms with Crippen LogP contribution in [-0.2, 0) is 10.0 Å². The van der Waals surface area contributed by atoms with Crippen LogP contribution in [0, 0.1) is 18.8 Å². The Labute approximate surface area is 125 Å². The van der Waals surface area contributed by atoms with Gasteiger partial charge in [0, 0.05) is 18.2 Å². The monoisotopic (exact) mass is 309 g/mol. The Hall–Kier alpha value is -1.39. The van der Waals surface area contributed by atoms with Gasteiger partial charge in [-0.3, -0.25) is 0 Å². The average Bonchev–Trinajstić information content (AvgIpc) is 3.28. The second-order valence-corrected chi connectivity index (χ2v) is 6.87. The highest BCUT2D eigenvalue weighted by atomic mass is 32.2. The van der Waals surface area contributed by atoms with Gasteiger partial charge in [0.2, 0.25) is 10.0 Å². The van der Waals surface area contributed by atoms with E-state index in [4.69, 9.17) is 10.2 Å². The summed E-state index contributed by atoms with van der Waals surface area (Å²) in [6.07, 6.45) is 1.67. The van der Waals surface area contributed by atoms with Crippen LogP contribution < -0.4 is 0 Å². The molecule has 0 aliphatic heterocycles. The first-order chi connectivity index (χ1) is 10.0. The number of nitrogens with zero attached hydrogens (tertiary/aromatic N) is 1. The molecular formula is C15H19NO4S. The Bertz CT molecular complexity index is 669. The molecule has 21 heavy (non-hydrogen) atoms. The number of aryl methyl sites for hydroxylation is 1. The Morgan fingerprint density at radius 1 is 1.33 bits per heavy atom. The molecule has 0 atom stereocenters. The van der Waals surface area contributed by atoms with Crippen molar-refractivity contribution >= 4 is 10.0 Å². The third kappa shape index (κ3) is 3.63. The van der Waals surface area contributed by atoms with Crippen molar-refractivity contribution in [2.24, 2.45) is 0 Å². The second-order valence-electron chi connectivity index (χ2n) is 5.01. The van der Waals surface area contributed by atoms with Crippen molar-refractivity contribution in [2.45, 2.75) is 30.7 Å². The van der Waals surface area contributed by atoms with Crippen LogP contribution in [0.15, 0.2) is 23.1 Å². The minimum Gasteiger partial charge on any atom is -0.395 e. The smallest absolute Gasteiger partial charge is 0.243 e. The highest BCUT2D eigenvalue weighted by Gasteiger charge is 2.38. The van der Waals surface area contributed by atoms with Crippen LogP contribution in [0.3, 0.4) is 0 Å². The van der Waals surface area contributed by atoms with Crippen molar-refractivity contribution in [1.82, 2.24) is 4.31 Å².